The topological polar surface area (TPSA) is 216 Å². The average molecular weight is 746 g/mol. The zero-order chi connectivity index (χ0) is 38.7. The summed E-state index contributed by atoms with van der Waals surface area (Å²) in [6.45, 7) is 6.31. The lowest BCUT2D eigenvalue weighted by atomic mass is 9.84. The Morgan fingerprint density at radius 3 is 2.59 bits per heavy atom. The van der Waals surface area contributed by atoms with Gasteiger partial charge < -0.3 is 44.9 Å². The summed E-state index contributed by atoms with van der Waals surface area (Å²) in [6.07, 6.45) is -2.39. The van der Waals surface area contributed by atoms with Crippen molar-refractivity contribution in [1.29, 1.82) is 0 Å². The van der Waals surface area contributed by atoms with Gasteiger partial charge in [0.05, 0.1) is 17.6 Å². The number of quaternary nitrogens is 1. The molecule has 4 aromatic rings. The van der Waals surface area contributed by atoms with Gasteiger partial charge in [0, 0.05) is 42.5 Å². The van der Waals surface area contributed by atoms with Crippen molar-refractivity contribution in [2.45, 2.75) is 82.6 Å². The third kappa shape index (κ3) is 6.58. The molecule has 0 bridgehead atoms. The van der Waals surface area contributed by atoms with Crippen LogP contribution in [-0.4, -0.2) is 96.8 Å². The highest BCUT2D eigenvalue weighted by atomic mass is 17.2. The van der Waals surface area contributed by atoms with Crippen LogP contribution < -0.4 is 15.1 Å². The van der Waals surface area contributed by atoms with E-state index in [2.05, 4.69) is 11.9 Å². The quantitative estimate of drug-likeness (QED) is 0.0771. The van der Waals surface area contributed by atoms with Gasteiger partial charge in [0.1, 0.15) is 77.4 Å². The molecular formula is C40H45N2O12+. The molecule has 3 aromatic carbocycles. The Labute approximate surface area is 310 Å². The smallest absolute Gasteiger partial charge is 0.222 e. The predicted molar refractivity (Wildman–Crippen MR) is 197 cm³/mol. The number of allylic oxidation sites excluding steroid dienone is 2. The van der Waals surface area contributed by atoms with Gasteiger partial charge in [0.15, 0.2) is 11.2 Å². The summed E-state index contributed by atoms with van der Waals surface area (Å²) >= 11 is 0. The molecule has 0 saturated carbocycles. The molecule has 54 heavy (non-hydrogen) atoms. The summed E-state index contributed by atoms with van der Waals surface area (Å²) in [7, 11) is 0. The summed E-state index contributed by atoms with van der Waals surface area (Å²) in [6, 6.07) is 10.3. The van der Waals surface area contributed by atoms with E-state index >= 15 is 0 Å². The molecule has 6 unspecified atom stereocenters. The van der Waals surface area contributed by atoms with Crippen molar-refractivity contribution < 1.29 is 59.6 Å². The monoisotopic (exact) mass is 745 g/mol. The molecule has 0 aliphatic carbocycles. The van der Waals surface area contributed by atoms with Crippen LogP contribution in [0.4, 0.5) is 5.69 Å². The van der Waals surface area contributed by atoms with Crippen LogP contribution in [0.3, 0.4) is 0 Å². The van der Waals surface area contributed by atoms with Crippen molar-refractivity contribution >= 4 is 33.1 Å². The average Bonchev–Trinajstić information content (AvgIpc) is 3.73. The standard InChI is InChI=1S/C40H44N2O12/c1-5-29-25-10-11-41-28(25)17-42(29)34-36-22(13-27-31(46)12-20(2)52-37(27)34)14-33(39(3,4)53-36)54-51-19-40(50,38(49)35(48)32(47)18-43)16-21-6-9-30(45)24-8-7-23(44)15-26(21)24/h6-13,15,32-33,35,38,43-45,47-50H,5,14,16-19H2,1-4H3/p+1. The number of benzene rings is 3. The Morgan fingerprint density at radius 2 is 1.85 bits per heavy atom. The van der Waals surface area contributed by atoms with Crippen LogP contribution in [0.15, 0.2) is 80.2 Å². The van der Waals surface area contributed by atoms with Crippen LogP contribution in [-0.2, 0) is 22.6 Å². The third-order valence-electron chi connectivity index (χ3n) is 10.7. The second-order valence-corrected chi connectivity index (χ2v) is 14.8. The van der Waals surface area contributed by atoms with Crippen molar-refractivity contribution in [3.05, 3.63) is 93.1 Å². The Balaban J connectivity index is 1.21. The van der Waals surface area contributed by atoms with Crippen molar-refractivity contribution in [1.82, 2.24) is 0 Å². The van der Waals surface area contributed by atoms with Crippen LogP contribution in [0.1, 0.15) is 44.1 Å². The number of nitrogens with zero attached hydrogens (tertiary/aromatic N) is 1. The highest BCUT2D eigenvalue weighted by Gasteiger charge is 2.47. The molecule has 8 N–H and O–H groups in total. The van der Waals surface area contributed by atoms with Crippen molar-refractivity contribution in [3.63, 3.8) is 0 Å². The molecular weight excluding hydrogens is 700 g/mol. The maximum atomic E-state index is 13.4. The number of aliphatic hydroxyl groups excluding tert-OH is 4. The largest absolute Gasteiger partial charge is 0.508 e. The van der Waals surface area contributed by atoms with E-state index in [0.29, 0.717) is 56.6 Å². The lowest BCUT2D eigenvalue weighted by Gasteiger charge is -2.40. The number of hydrogen-bond donors (Lipinski definition) is 8. The minimum absolute atomic E-state index is 0.0841. The van der Waals surface area contributed by atoms with Gasteiger partial charge in [0.2, 0.25) is 11.3 Å². The molecule has 14 nitrogen and oxygen atoms in total. The molecule has 7 rings (SSSR count). The number of aryl methyl sites for hydroxylation is 1. The number of aromatic hydroxyl groups is 2. The van der Waals surface area contributed by atoms with Crippen LogP contribution in [0, 0.1) is 6.92 Å². The zero-order valence-corrected chi connectivity index (χ0v) is 30.4. The number of phenols is 2. The van der Waals surface area contributed by atoms with Gasteiger partial charge in [0.25, 0.3) is 0 Å². The molecule has 6 atom stereocenters. The Bertz CT molecular complexity index is 2280. The molecule has 4 heterocycles. The third-order valence-corrected chi connectivity index (χ3v) is 10.7. The van der Waals surface area contributed by atoms with Gasteiger partial charge in [-0.05, 0) is 68.1 Å². The number of ether oxygens (including phenoxy) is 1. The first-order valence-corrected chi connectivity index (χ1v) is 17.9. The zero-order valence-electron chi connectivity index (χ0n) is 30.4. The van der Waals surface area contributed by atoms with Crippen LogP contribution in [0.5, 0.6) is 17.2 Å². The summed E-state index contributed by atoms with van der Waals surface area (Å²) < 4.78 is 13.0. The van der Waals surface area contributed by atoms with Crippen LogP contribution in [0.2, 0.25) is 0 Å². The van der Waals surface area contributed by atoms with Gasteiger partial charge in [-0.15, -0.1) is 0 Å². The second-order valence-electron chi connectivity index (χ2n) is 14.8. The predicted octanol–water partition coefficient (Wildman–Crippen LogP) is 1.91. The summed E-state index contributed by atoms with van der Waals surface area (Å²) in [5, 5.41) is 75.3. The fraction of sp³-hybridized carbons (Fsp3) is 0.400. The van der Waals surface area contributed by atoms with Gasteiger partial charge in [-0.3, -0.25) is 14.7 Å². The molecule has 14 heteroatoms. The van der Waals surface area contributed by atoms with Crippen molar-refractivity contribution in [2.24, 2.45) is 4.99 Å². The Morgan fingerprint density at radius 1 is 1.07 bits per heavy atom. The lowest BCUT2D eigenvalue weighted by molar-refractivity contribution is -0.776. The first-order chi connectivity index (χ1) is 25.7. The number of aliphatic hydroxyl groups is 5. The van der Waals surface area contributed by atoms with Crippen molar-refractivity contribution in [2.75, 3.05) is 19.8 Å². The van der Waals surface area contributed by atoms with Gasteiger partial charge >= 0.3 is 0 Å². The molecule has 0 spiro atoms. The van der Waals surface area contributed by atoms with Gasteiger partial charge in [-0.2, -0.15) is 0 Å². The van der Waals surface area contributed by atoms with Crippen LogP contribution in [0.25, 0.3) is 21.7 Å². The molecule has 3 aliphatic rings. The molecule has 0 saturated heterocycles. The van der Waals surface area contributed by atoms with Gasteiger partial charge in [-0.1, -0.05) is 13.0 Å². The fourth-order valence-corrected chi connectivity index (χ4v) is 7.73. The fourth-order valence-electron chi connectivity index (χ4n) is 7.73. The first kappa shape index (κ1) is 37.7. The van der Waals surface area contributed by atoms with E-state index in [1.807, 2.05) is 19.9 Å². The number of aliphatic imine (C=N–C) groups is 1. The molecule has 0 radical (unpaired) electrons. The van der Waals surface area contributed by atoms with E-state index < -0.39 is 55.3 Å². The first-order valence-electron chi connectivity index (χ1n) is 17.9. The minimum atomic E-state index is -2.35. The Hall–Kier alpha value is -4.64. The number of fused-ring (bicyclic) bond motifs is 4. The lowest BCUT2D eigenvalue weighted by Crippen LogP contribution is -3.04. The van der Waals surface area contributed by atoms with E-state index in [1.165, 1.54) is 36.4 Å². The second kappa shape index (κ2) is 14.2. The summed E-state index contributed by atoms with van der Waals surface area (Å²) in [5.74, 6) is 0.810. The maximum absolute atomic E-state index is 13.4. The molecule has 286 valence electrons. The number of rotatable bonds is 12. The highest BCUT2D eigenvalue weighted by Crippen LogP contribution is 2.43. The normalized spacial score (nSPS) is 21.8. The van der Waals surface area contributed by atoms with Gasteiger partial charge in [-0.25, -0.2) is 9.78 Å². The van der Waals surface area contributed by atoms with E-state index in [-0.39, 0.29) is 23.3 Å². The molecule has 1 aromatic heterocycles. The summed E-state index contributed by atoms with van der Waals surface area (Å²) in [5.41, 5.74) is 1.60. The number of hydrogen-bond acceptors (Lipinski definition) is 13. The minimum Gasteiger partial charge on any atom is -0.508 e. The SMILES string of the molecule is CCC1=C2C=CN=C2C[NH+]1c1c2c(cc3c(=O)cc(C)oc13)CC(OOCC(O)(Cc1ccc(O)c3ccc(O)cc13)C(O)C(O)C(O)CO)C(C)(C)O2. The highest BCUT2D eigenvalue weighted by molar-refractivity contribution is 6.07. The van der Waals surface area contributed by atoms with Crippen LogP contribution >= 0.6 is 0 Å². The maximum Gasteiger partial charge on any atom is 0.222 e. The van der Waals surface area contributed by atoms with E-state index in [1.54, 1.807) is 19.2 Å². The van der Waals surface area contributed by atoms with E-state index in [9.17, 15) is 40.5 Å². The van der Waals surface area contributed by atoms with E-state index in [0.717, 1.165) is 28.3 Å². The number of nitrogens with one attached hydrogen (secondary N) is 1. The summed E-state index contributed by atoms with van der Waals surface area (Å²) in [4.78, 5) is 30.6. The number of phenolic OH excluding ortho intramolecular Hbond substituents is 2. The molecule has 3 aliphatic heterocycles. The van der Waals surface area contributed by atoms with E-state index in [4.69, 9.17) is 18.9 Å². The molecule has 0 amide bonds. The molecule has 0 fully saturated rings. The van der Waals surface area contributed by atoms with Crippen molar-refractivity contribution in [3.8, 4) is 17.2 Å². The Kier molecular flexibility index (Phi) is 9.91.